The second-order valence-electron chi connectivity index (χ2n) is 1.05. The summed E-state index contributed by atoms with van der Waals surface area (Å²) in [6.07, 6.45) is 0. The van der Waals surface area contributed by atoms with Crippen LogP contribution in [0.5, 0.6) is 0 Å². The molecule has 0 radical (unpaired) electrons. The SMILES string of the molecule is N#C/C(S[S-])=C(\C#N)S[S-].[Na+].[Na+]. The van der Waals surface area contributed by atoms with E-state index in [0.29, 0.717) is 0 Å². The summed E-state index contributed by atoms with van der Waals surface area (Å²) < 4.78 is 0. The van der Waals surface area contributed by atoms with Gasteiger partial charge in [0.1, 0.15) is 12.1 Å². The van der Waals surface area contributed by atoms with Crippen molar-refractivity contribution in [2.45, 2.75) is 0 Å². The second kappa shape index (κ2) is 13.1. The summed E-state index contributed by atoms with van der Waals surface area (Å²) in [7, 11) is 1.64. The van der Waals surface area contributed by atoms with Gasteiger partial charge in [-0.15, -0.1) is 0 Å². The van der Waals surface area contributed by atoms with Crippen LogP contribution in [0.2, 0.25) is 0 Å². The van der Waals surface area contributed by atoms with Crippen LogP contribution < -0.4 is 59.1 Å². The number of nitrogens with zero attached hydrogens (tertiary/aromatic N) is 2. The van der Waals surface area contributed by atoms with Gasteiger partial charge in [0, 0.05) is 0 Å². The Hall–Kier alpha value is 2.12. The summed E-state index contributed by atoms with van der Waals surface area (Å²) >= 11 is 9.01. The van der Waals surface area contributed by atoms with E-state index in [2.05, 4.69) is 23.3 Å². The number of hydrogen-bond acceptors (Lipinski definition) is 6. The van der Waals surface area contributed by atoms with Gasteiger partial charge in [0.15, 0.2) is 0 Å². The number of allylic oxidation sites excluding steroid dienone is 2. The first kappa shape index (κ1) is 19.7. The van der Waals surface area contributed by atoms with E-state index in [1.807, 2.05) is 0 Å². The Morgan fingerprint density at radius 1 is 0.917 bits per heavy atom. The molecule has 0 heterocycles. The summed E-state index contributed by atoms with van der Waals surface area (Å²) in [4.78, 5) is 0.412. The Morgan fingerprint density at radius 2 is 1.17 bits per heavy atom. The zero-order valence-electron chi connectivity index (χ0n) is 6.53. The van der Waals surface area contributed by atoms with Gasteiger partial charge in [-0.1, -0.05) is 0 Å². The predicted octanol–water partition coefficient (Wildman–Crippen LogP) is -4.36. The summed E-state index contributed by atoms with van der Waals surface area (Å²) in [5.74, 6) is 0. The Balaban J connectivity index is -0.000000405. The zero-order valence-corrected chi connectivity index (χ0v) is 13.8. The standard InChI is InChI=1S/C4H2N2S4.2Na/c5-1-3(9-7)4(2-6)10-8;;/h7-8H;;/q;2*+1/p-2/b4-3-;;. The topological polar surface area (TPSA) is 47.6 Å². The minimum atomic E-state index is 0. The van der Waals surface area contributed by atoms with Gasteiger partial charge in [0.2, 0.25) is 0 Å². The molecule has 12 heavy (non-hydrogen) atoms. The van der Waals surface area contributed by atoms with Crippen molar-refractivity contribution < 1.29 is 59.1 Å². The predicted molar refractivity (Wildman–Crippen MR) is 48.2 cm³/mol. The van der Waals surface area contributed by atoms with Gasteiger partial charge in [0.25, 0.3) is 0 Å². The molecule has 8 heteroatoms. The summed E-state index contributed by atoms with van der Waals surface area (Å²) in [5.41, 5.74) is 0. The maximum Gasteiger partial charge on any atom is 1.00 e. The molecule has 0 saturated heterocycles. The average Bonchev–Trinajstić information content (AvgIpc) is 2.00. The van der Waals surface area contributed by atoms with Crippen LogP contribution in [-0.2, 0) is 23.3 Å². The van der Waals surface area contributed by atoms with Crippen molar-refractivity contribution in [3.8, 4) is 12.1 Å². The molecular formula is C4N2Na2S4. The van der Waals surface area contributed by atoms with Crippen LogP contribution in [0.1, 0.15) is 0 Å². The fourth-order valence-corrected chi connectivity index (χ4v) is 1.82. The van der Waals surface area contributed by atoms with Crippen LogP contribution >= 0.6 is 21.6 Å². The van der Waals surface area contributed by atoms with Gasteiger partial charge in [-0.2, -0.15) is 10.5 Å². The molecule has 0 unspecified atom stereocenters. The van der Waals surface area contributed by atoms with E-state index < -0.39 is 0 Å². The second-order valence-corrected chi connectivity index (χ2v) is 3.20. The number of rotatable bonds is 2. The van der Waals surface area contributed by atoms with E-state index in [1.165, 1.54) is 0 Å². The molecule has 0 bridgehead atoms. The molecule has 0 aliphatic carbocycles. The molecule has 2 nitrogen and oxygen atoms in total. The van der Waals surface area contributed by atoms with Crippen molar-refractivity contribution in [1.82, 2.24) is 0 Å². The van der Waals surface area contributed by atoms with E-state index in [-0.39, 0.29) is 68.9 Å². The van der Waals surface area contributed by atoms with Crippen molar-refractivity contribution >= 4 is 44.9 Å². The van der Waals surface area contributed by atoms with Gasteiger partial charge in [-0.25, -0.2) is 0 Å². The first-order valence-electron chi connectivity index (χ1n) is 1.94. The molecule has 0 aromatic carbocycles. The Bertz CT molecular complexity index is 204. The molecule has 0 aliphatic heterocycles. The van der Waals surface area contributed by atoms with E-state index in [4.69, 9.17) is 10.5 Å². The van der Waals surface area contributed by atoms with Crippen LogP contribution in [0.4, 0.5) is 0 Å². The van der Waals surface area contributed by atoms with E-state index in [9.17, 15) is 0 Å². The third kappa shape index (κ3) is 7.52. The molecule has 0 aromatic rings. The van der Waals surface area contributed by atoms with E-state index >= 15 is 0 Å². The van der Waals surface area contributed by atoms with Crippen molar-refractivity contribution in [3.63, 3.8) is 0 Å². The molecular weight excluding hydrogens is 250 g/mol. The quantitative estimate of drug-likeness (QED) is 0.214. The van der Waals surface area contributed by atoms with Crippen molar-refractivity contribution in [2.75, 3.05) is 0 Å². The largest absolute Gasteiger partial charge is 1.00 e. The fourth-order valence-electron chi connectivity index (χ4n) is 0.215. The van der Waals surface area contributed by atoms with E-state index in [1.54, 1.807) is 12.1 Å². The van der Waals surface area contributed by atoms with Crippen LogP contribution in [0.3, 0.4) is 0 Å². The molecule has 0 rings (SSSR count). The smallest absolute Gasteiger partial charge is 0.713 e. The molecule has 0 atom stereocenters. The molecule has 0 amide bonds. The minimum Gasteiger partial charge on any atom is -0.713 e. The van der Waals surface area contributed by atoms with Gasteiger partial charge in [-0.05, 0) is 0 Å². The number of nitriles is 2. The zero-order chi connectivity index (χ0) is 7.98. The van der Waals surface area contributed by atoms with Gasteiger partial charge in [0.05, 0.1) is 9.81 Å². The van der Waals surface area contributed by atoms with Crippen LogP contribution in [0, 0.1) is 22.7 Å². The van der Waals surface area contributed by atoms with Crippen molar-refractivity contribution in [1.29, 1.82) is 10.5 Å². The van der Waals surface area contributed by atoms with Gasteiger partial charge >= 0.3 is 59.1 Å². The van der Waals surface area contributed by atoms with Gasteiger partial charge in [-0.3, -0.25) is 21.6 Å². The Kier molecular flexibility index (Phi) is 21.5. The van der Waals surface area contributed by atoms with Crippen molar-refractivity contribution in [3.05, 3.63) is 9.81 Å². The van der Waals surface area contributed by atoms with Crippen LogP contribution in [-0.4, -0.2) is 0 Å². The third-order valence-electron chi connectivity index (χ3n) is 0.576. The molecule has 0 saturated carbocycles. The molecule has 0 N–H and O–H groups in total. The molecule has 0 aromatic heterocycles. The Labute approximate surface area is 134 Å². The monoisotopic (exact) mass is 250 g/mol. The average molecular weight is 250 g/mol. The molecule has 0 aliphatic rings. The fraction of sp³-hybridized carbons (Fsp3) is 0. The maximum absolute atomic E-state index is 8.35. The Morgan fingerprint density at radius 3 is 1.25 bits per heavy atom. The summed E-state index contributed by atoms with van der Waals surface area (Å²) in [5, 5.41) is 16.7. The summed E-state index contributed by atoms with van der Waals surface area (Å²) in [6.45, 7) is 0. The molecule has 0 spiro atoms. The molecule has 52 valence electrons. The summed E-state index contributed by atoms with van der Waals surface area (Å²) in [6, 6.07) is 3.56. The third-order valence-corrected chi connectivity index (χ3v) is 2.63. The maximum atomic E-state index is 8.35. The normalized spacial score (nSPS) is 9.33. The first-order valence-corrected chi connectivity index (χ1v) is 5.42. The van der Waals surface area contributed by atoms with Crippen LogP contribution in [0.25, 0.3) is 0 Å². The first-order chi connectivity index (χ1) is 4.79. The van der Waals surface area contributed by atoms with Crippen molar-refractivity contribution in [2.24, 2.45) is 0 Å². The van der Waals surface area contributed by atoms with E-state index in [0.717, 1.165) is 21.6 Å². The number of hydrogen-bond donors (Lipinski definition) is 0. The minimum absolute atomic E-state index is 0. The molecule has 0 fully saturated rings. The van der Waals surface area contributed by atoms with Crippen LogP contribution in [0.15, 0.2) is 9.81 Å². The van der Waals surface area contributed by atoms with Gasteiger partial charge < -0.3 is 23.3 Å².